The van der Waals surface area contributed by atoms with E-state index in [-0.39, 0.29) is 6.03 Å². The first-order valence-electron chi connectivity index (χ1n) is 7.18. The quantitative estimate of drug-likeness (QED) is 0.811. The van der Waals surface area contributed by atoms with Crippen molar-refractivity contribution in [3.8, 4) is 0 Å². The van der Waals surface area contributed by atoms with Crippen LogP contribution in [0.3, 0.4) is 0 Å². The highest BCUT2D eigenvalue weighted by Crippen LogP contribution is 2.36. The summed E-state index contributed by atoms with van der Waals surface area (Å²) in [6.45, 7) is 3.71. The molecule has 2 amide bonds. The zero-order chi connectivity index (χ0) is 15.0. The Labute approximate surface area is 123 Å². The maximum absolute atomic E-state index is 12.1. The molecule has 112 valence electrons. The van der Waals surface area contributed by atoms with Gasteiger partial charge in [-0.1, -0.05) is 6.42 Å². The summed E-state index contributed by atoms with van der Waals surface area (Å²) < 4.78 is 1.71. The minimum absolute atomic E-state index is 0.286. The van der Waals surface area contributed by atoms with E-state index in [0.29, 0.717) is 17.4 Å². The van der Waals surface area contributed by atoms with Crippen LogP contribution in [0.4, 0.5) is 16.3 Å². The summed E-state index contributed by atoms with van der Waals surface area (Å²) in [5.74, 6) is 1.25. The third kappa shape index (κ3) is 2.63. The van der Waals surface area contributed by atoms with Crippen molar-refractivity contribution in [1.29, 1.82) is 0 Å². The van der Waals surface area contributed by atoms with Gasteiger partial charge in [-0.25, -0.2) is 4.79 Å². The van der Waals surface area contributed by atoms with Gasteiger partial charge in [0.2, 0.25) is 0 Å². The molecule has 7 heteroatoms. The number of carbonyl (C=O) groups excluding carboxylic acids is 1. The number of aromatic nitrogens is 4. The number of hydrogen-bond donors (Lipinski definition) is 3. The fourth-order valence-corrected chi connectivity index (χ4v) is 2.51. The van der Waals surface area contributed by atoms with Gasteiger partial charge in [0.25, 0.3) is 0 Å². The Bertz CT molecular complexity index is 648. The summed E-state index contributed by atoms with van der Waals surface area (Å²) in [5.41, 5.74) is 3.38. The molecule has 2 aromatic heterocycles. The lowest BCUT2D eigenvalue weighted by atomic mass is 9.83. The summed E-state index contributed by atoms with van der Waals surface area (Å²) in [4.78, 5) is 12.1. The molecule has 1 saturated carbocycles. The number of rotatable bonds is 3. The van der Waals surface area contributed by atoms with Crippen LogP contribution in [0.15, 0.2) is 6.07 Å². The van der Waals surface area contributed by atoms with Gasteiger partial charge in [-0.2, -0.15) is 10.2 Å². The average Bonchev–Trinajstić information content (AvgIpc) is 2.85. The van der Waals surface area contributed by atoms with Crippen molar-refractivity contribution in [3.63, 3.8) is 0 Å². The highest BCUT2D eigenvalue weighted by atomic mass is 16.2. The number of anilines is 2. The third-order valence-corrected chi connectivity index (χ3v) is 4.03. The van der Waals surface area contributed by atoms with Crippen LogP contribution in [0.25, 0.3) is 0 Å². The molecule has 21 heavy (non-hydrogen) atoms. The van der Waals surface area contributed by atoms with E-state index in [1.165, 1.54) is 19.3 Å². The van der Waals surface area contributed by atoms with Crippen LogP contribution >= 0.6 is 0 Å². The summed E-state index contributed by atoms with van der Waals surface area (Å²) in [6, 6.07) is 1.67. The molecule has 0 aromatic carbocycles. The molecule has 0 spiro atoms. The normalized spacial score (nSPS) is 14.8. The van der Waals surface area contributed by atoms with Crippen LogP contribution in [0.1, 0.15) is 42.3 Å². The first-order chi connectivity index (χ1) is 10.0. The molecule has 3 rings (SSSR count). The summed E-state index contributed by atoms with van der Waals surface area (Å²) >= 11 is 0. The summed E-state index contributed by atoms with van der Waals surface area (Å²) in [5, 5.41) is 17.0. The number of urea groups is 1. The molecule has 1 aliphatic rings. The van der Waals surface area contributed by atoms with Gasteiger partial charge in [-0.3, -0.25) is 15.1 Å². The first-order valence-corrected chi connectivity index (χ1v) is 7.18. The maximum atomic E-state index is 12.1. The van der Waals surface area contributed by atoms with Gasteiger partial charge in [-0.05, 0) is 26.7 Å². The number of aryl methyl sites for hydroxylation is 3. The van der Waals surface area contributed by atoms with E-state index in [1.54, 1.807) is 4.68 Å². The Hall–Kier alpha value is -2.31. The predicted octanol–water partition coefficient (Wildman–Crippen LogP) is 2.67. The highest BCUT2D eigenvalue weighted by molar-refractivity contribution is 5.99. The average molecular weight is 288 g/mol. The number of carbonyl (C=O) groups is 1. The molecule has 0 radical (unpaired) electrons. The van der Waals surface area contributed by atoms with Crippen molar-refractivity contribution in [1.82, 2.24) is 20.0 Å². The van der Waals surface area contributed by atoms with Gasteiger partial charge in [0.1, 0.15) is 5.82 Å². The molecule has 0 saturated heterocycles. The second-order valence-corrected chi connectivity index (χ2v) is 5.59. The lowest BCUT2D eigenvalue weighted by Gasteiger charge is -2.22. The van der Waals surface area contributed by atoms with Crippen LogP contribution in [0.5, 0.6) is 0 Å². The largest absolute Gasteiger partial charge is 0.324 e. The van der Waals surface area contributed by atoms with Crippen molar-refractivity contribution in [2.75, 3.05) is 10.6 Å². The van der Waals surface area contributed by atoms with E-state index in [9.17, 15) is 4.79 Å². The van der Waals surface area contributed by atoms with Crippen molar-refractivity contribution in [2.24, 2.45) is 7.05 Å². The number of amides is 2. The summed E-state index contributed by atoms with van der Waals surface area (Å²) in [7, 11) is 1.84. The molecule has 0 unspecified atom stereocenters. The molecule has 2 heterocycles. The molecule has 0 atom stereocenters. The smallest absolute Gasteiger partial charge is 0.304 e. The van der Waals surface area contributed by atoms with Gasteiger partial charge in [0.05, 0.1) is 22.8 Å². The van der Waals surface area contributed by atoms with E-state index in [2.05, 4.69) is 25.9 Å². The van der Waals surface area contributed by atoms with E-state index in [0.717, 1.165) is 17.1 Å². The maximum Gasteiger partial charge on any atom is 0.324 e. The highest BCUT2D eigenvalue weighted by Gasteiger charge is 2.23. The zero-order valence-corrected chi connectivity index (χ0v) is 12.5. The molecular weight excluding hydrogens is 268 g/mol. The number of aromatic amines is 1. The second kappa shape index (κ2) is 5.23. The third-order valence-electron chi connectivity index (χ3n) is 4.03. The standard InChI is InChI=1S/C14H20N6O/c1-8-13(9(2)18-17-8)16-14(21)15-12-7-11(19-20(12)3)10-5-4-6-10/h7,10H,4-6H2,1-3H3,(H,17,18)(H2,15,16,21). The number of nitrogens with zero attached hydrogens (tertiary/aromatic N) is 3. The second-order valence-electron chi connectivity index (χ2n) is 5.59. The molecule has 1 fully saturated rings. The lowest BCUT2D eigenvalue weighted by molar-refractivity contribution is 0.262. The van der Waals surface area contributed by atoms with Crippen molar-refractivity contribution < 1.29 is 4.79 Å². The van der Waals surface area contributed by atoms with Crippen LogP contribution < -0.4 is 10.6 Å². The molecule has 1 aliphatic carbocycles. The van der Waals surface area contributed by atoms with E-state index >= 15 is 0 Å². The Morgan fingerprint density at radius 1 is 1.38 bits per heavy atom. The van der Waals surface area contributed by atoms with Crippen LogP contribution in [0, 0.1) is 13.8 Å². The molecule has 0 bridgehead atoms. The first kappa shape index (κ1) is 13.7. The van der Waals surface area contributed by atoms with E-state index < -0.39 is 0 Å². The Kier molecular flexibility index (Phi) is 3.40. The number of nitrogens with one attached hydrogen (secondary N) is 3. The molecular formula is C14H20N6O. The Morgan fingerprint density at radius 3 is 2.71 bits per heavy atom. The van der Waals surface area contributed by atoms with Crippen LogP contribution in [0.2, 0.25) is 0 Å². The molecule has 7 nitrogen and oxygen atoms in total. The zero-order valence-electron chi connectivity index (χ0n) is 12.5. The minimum atomic E-state index is -0.286. The van der Waals surface area contributed by atoms with Crippen molar-refractivity contribution >= 4 is 17.5 Å². The van der Waals surface area contributed by atoms with Crippen LogP contribution in [-0.4, -0.2) is 26.0 Å². The fraction of sp³-hybridized carbons (Fsp3) is 0.500. The number of H-pyrrole nitrogens is 1. The molecule has 3 N–H and O–H groups in total. The van der Waals surface area contributed by atoms with Gasteiger partial charge < -0.3 is 5.32 Å². The van der Waals surface area contributed by atoms with Gasteiger partial charge in [0.15, 0.2) is 0 Å². The summed E-state index contributed by atoms with van der Waals surface area (Å²) in [6.07, 6.45) is 3.65. The van der Waals surface area contributed by atoms with Crippen molar-refractivity contribution in [2.45, 2.75) is 39.0 Å². The predicted molar refractivity (Wildman–Crippen MR) is 80.5 cm³/mol. The Balaban J connectivity index is 1.68. The monoisotopic (exact) mass is 288 g/mol. The van der Waals surface area contributed by atoms with Crippen LogP contribution in [-0.2, 0) is 7.05 Å². The number of hydrogen-bond acceptors (Lipinski definition) is 3. The molecule has 2 aromatic rings. The fourth-order valence-electron chi connectivity index (χ4n) is 2.51. The van der Waals surface area contributed by atoms with Gasteiger partial charge in [-0.15, -0.1) is 0 Å². The molecule has 0 aliphatic heterocycles. The Morgan fingerprint density at radius 2 is 2.14 bits per heavy atom. The van der Waals surface area contributed by atoms with E-state index in [1.807, 2.05) is 27.0 Å². The van der Waals surface area contributed by atoms with Crippen molar-refractivity contribution in [3.05, 3.63) is 23.1 Å². The lowest BCUT2D eigenvalue weighted by Crippen LogP contribution is -2.21. The van der Waals surface area contributed by atoms with Gasteiger partial charge in [0, 0.05) is 19.0 Å². The van der Waals surface area contributed by atoms with E-state index in [4.69, 9.17) is 0 Å². The minimum Gasteiger partial charge on any atom is -0.304 e. The SMILES string of the molecule is Cc1n[nH]c(C)c1NC(=O)Nc1cc(C2CCC2)nn1C. The van der Waals surface area contributed by atoms with Gasteiger partial charge >= 0.3 is 6.03 Å². The topological polar surface area (TPSA) is 87.6 Å².